The lowest BCUT2D eigenvalue weighted by Crippen LogP contribution is -2.22. The van der Waals surface area contributed by atoms with E-state index in [0.29, 0.717) is 40.5 Å². The van der Waals surface area contributed by atoms with Crippen LogP contribution in [-0.4, -0.2) is 27.1 Å². The quantitative estimate of drug-likeness (QED) is 0.875. The Morgan fingerprint density at radius 3 is 2.86 bits per heavy atom. The average Bonchev–Trinajstić information content (AvgIpc) is 2.90. The molecule has 1 amide bonds. The number of carbonyl (C=O) groups is 1. The van der Waals surface area contributed by atoms with Gasteiger partial charge in [0.1, 0.15) is 9.90 Å². The van der Waals surface area contributed by atoms with Gasteiger partial charge < -0.3 is 10.1 Å². The molecule has 2 heterocycles. The first-order chi connectivity index (χ1) is 10.5. The summed E-state index contributed by atoms with van der Waals surface area (Å²) in [5.41, 5.74) is 1.42. The fourth-order valence-electron chi connectivity index (χ4n) is 1.62. The molecule has 0 saturated heterocycles. The van der Waals surface area contributed by atoms with E-state index in [2.05, 4.69) is 19.9 Å². The Morgan fingerprint density at radius 2 is 2.27 bits per heavy atom. The number of nitrogens with zero attached hydrogens (tertiary/aromatic N) is 3. The Bertz CT molecular complexity index is 660. The fourth-order valence-corrected chi connectivity index (χ4v) is 2.43. The third-order valence-electron chi connectivity index (χ3n) is 2.73. The molecule has 22 heavy (non-hydrogen) atoms. The van der Waals surface area contributed by atoms with Crippen LogP contribution in [-0.2, 0) is 6.54 Å². The van der Waals surface area contributed by atoms with Crippen LogP contribution in [0.1, 0.15) is 34.8 Å². The van der Waals surface area contributed by atoms with Crippen molar-refractivity contribution in [2.45, 2.75) is 27.3 Å². The molecule has 0 radical (unpaired) electrons. The molecule has 6 nitrogen and oxygen atoms in total. The SMILES string of the molecule is Cc1nnsc1C(=O)NCc1cnc(OCC(C)C)c(Cl)c1. The summed E-state index contributed by atoms with van der Waals surface area (Å²) < 4.78 is 9.25. The number of hydrogen-bond donors (Lipinski definition) is 1. The first-order valence-electron chi connectivity index (χ1n) is 6.81. The Hall–Kier alpha value is -1.73. The Labute approximate surface area is 138 Å². The minimum Gasteiger partial charge on any atom is -0.476 e. The molecule has 2 aromatic heterocycles. The summed E-state index contributed by atoms with van der Waals surface area (Å²) in [5, 5.41) is 7.04. The van der Waals surface area contributed by atoms with Gasteiger partial charge >= 0.3 is 0 Å². The van der Waals surface area contributed by atoms with Crippen molar-refractivity contribution in [3.8, 4) is 5.88 Å². The van der Waals surface area contributed by atoms with Crippen molar-refractivity contribution in [1.82, 2.24) is 19.9 Å². The lowest BCUT2D eigenvalue weighted by Gasteiger charge is -2.10. The lowest BCUT2D eigenvalue weighted by molar-refractivity contribution is 0.0954. The minimum atomic E-state index is -0.205. The molecule has 1 N–H and O–H groups in total. The number of carbonyl (C=O) groups excluding carboxylic acids is 1. The maximum atomic E-state index is 12.0. The molecule has 2 rings (SSSR count). The number of nitrogens with one attached hydrogen (secondary N) is 1. The summed E-state index contributed by atoms with van der Waals surface area (Å²) in [6, 6.07) is 1.74. The van der Waals surface area contributed by atoms with Gasteiger partial charge in [0.2, 0.25) is 5.88 Å². The van der Waals surface area contributed by atoms with Crippen molar-refractivity contribution in [3.05, 3.63) is 33.4 Å². The van der Waals surface area contributed by atoms with E-state index >= 15 is 0 Å². The molecule has 0 atom stereocenters. The highest BCUT2D eigenvalue weighted by atomic mass is 35.5. The van der Waals surface area contributed by atoms with Crippen molar-refractivity contribution < 1.29 is 9.53 Å². The minimum absolute atomic E-state index is 0.205. The monoisotopic (exact) mass is 340 g/mol. The number of aromatic nitrogens is 3. The van der Waals surface area contributed by atoms with Gasteiger partial charge in [0.05, 0.1) is 12.3 Å². The molecule has 0 aromatic carbocycles. The van der Waals surface area contributed by atoms with Gasteiger partial charge in [0, 0.05) is 12.7 Å². The van der Waals surface area contributed by atoms with Crippen molar-refractivity contribution in [1.29, 1.82) is 0 Å². The van der Waals surface area contributed by atoms with Gasteiger partial charge in [-0.2, -0.15) is 0 Å². The van der Waals surface area contributed by atoms with Crippen LogP contribution in [0.3, 0.4) is 0 Å². The van der Waals surface area contributed by atoms with Gasteiger partial charge in [-0.3, -0.25) is 4.79 Å². The standard InChI is InChI=1S/C14H17ClN4O2S/c1-8(2)7-21-14-11(15)4-10(6-17-14)5-16-13(20)12-9(3)18-19-22-12/h4,6,8H,5,7H2,1-3H3,(H,16,20). The maximum Gasteiger partial charge on any atom is 0.265 e. The summed E-state index contributed by atoms with van der Waals surface area (Å²) in [4.78, 5) is 16.7. The van der Waals surface area contributed by atoms with Crippen molar-refractivity contribution in [2.24, 2.45) is 5.92 Å². The van der Waals surface area contributed by atoms with E-state index in [1.807, 2.05) is 13.8 Å². The Morgan fingerprint density at radius 1 is 1.50 bits per heavy atom. The van der Waals surface area contributed by atoms with Gasteiger partial charge in [-0.1, -0.05) is 29.9 Å². The summed E-state index contributed by atoms with van der Waals surface area (Å²) >= 11 is 7.21. The molecule has 2 aromatic rings. The molecule has 0 spiro atoms. The number of aryl methyl sites for hydroxylation is 1. The van der Waals surface area contributed by atoms with E-state index in [1.165, 1.54) is 0 Å². The zero-order chi connectivity index (χ0) is 16.1. The van der Waals surface area contributed by atoms with Gasteiger partial charge in [0.25, 0.3) is 5.91 Å². The predicted molar refractivity (Wildman–Crippen MR) is 85.4 cm³/mol. The zero-order valence-electron chi connectivity index (χ0n) is 12.6. The highest BCUT2D eigenvalue weighted by Gasteiger charge is 2.13. The maximum absolute atomic E-state index is 12.0. The molecule has 118 valence electrons. The van der Waals surface area contributed by atoms with E-state index in [-0.39, 0.29) is 5.91 Å². The van der Waals surface area contributed by atoms with E-state index < -0.39 is 0 Å². The largest absolute Gasteiger partial charge is 0.476 e. The smallest absolute Gasteiger partial charge is 0.265 e. The van der Waals surface area contributed by atoms with Crippen LogP contribution >= 0.6 is 23.1 Å². The topological polar surface area (TPSA) is 77.0 Å². The third kappa shape index (κ3) is 4.38. The van der Waals surface area contributed by atoms with Crippen LogP contribution in [0.2, 0.25) is 5.02 Å². The lowest BCUT2D eigenvalue weighted by atomic mass is 10.2. The molecule has 8 heteroatoms. The molecule has 0 aliphatic rings. The van der Waals surface area contributed by atoms with Gasteiger partial charge in [-0.05, 0) is 36.0 Å². The van der Waals surface area contributed by atoms with E-state index in [9.17, 15) is 4.79 Å². The molecule has 0 aliphatic heterocycles. The van der Waals surface area contributed by atoms with Crippen LogP contribution < -0.4 is 10.1 Å². The first-order valence-corrected chi connectivity index (χ1v) is 7.97. The number of hydrogen-bond acceptors (Lipinski definition) is 6. The number of ether oxygens (including phenoxy) is 1. The number of amides is 1. The second kappa shape index (κ2) is 7.51. The molecular weight excluding hydrogens is 324 g/mol. The first kappa shape index (κ1) is 16.6. The van der Waals surface area contributed by atoms with Crippen molar-refractivity contribution in [3.63, 3.8) is 0 Å². The zero-order valence-corrected chi connectivity index (χ0v) is 14.2. The van der Waals surface area contributed by atoms with Crippen molar-refractivity contribution in [2.75, 3.05) is 6.61 Å². The van der Waals surface area contributed by atoms with Gasteiger partial charge in [-0.15, -0.1) is 5.10 Å². The van der Waals surface area contributed by atoms with E-state index in [0.717, 1.165) is 17.1 Å². The summed E-state index contributed by atoms with van der Waals surface area (Å²) in [6.07, 6.45) is 1.64. The normalized spacial score (nSPS) is 10.8. The molecule has 0 saturated carbocycles. The van der Waals surface area contributed by atoms with Gasteiger partial charge in [0.15, 0.2) is 0 Å². The summed E-state index contributed by atoms with van der Waals surface area (Å²) in [7, 11) is 0. The molecule has 0 bridgehead atoms. The average molecular weight is 341 g/mol. The van der Waals surface area contributed by atoms with E-state index in [4.69, 9.17) is 16.3 Å². The highest BCUT2D eigenvalue weighted by Crippen LogP contribution is 2.23. The number of pyridine rings is 1. The predicted octanol–water partition coefficient (Wildman–Crippen LogP) is 2.86. The summed E-state index contributed by atoms with van der Waals surface area (Å²) in [5.74, 6) is 0.602. The molecule has 0 unspecified atom stereocenters. The van der Waals surface area contributed by atoms with Crippen LogP contribution in [0.25, 0.3) is 0 Å². The van der Waals surface area contributed by atoms with Crippen LogP contribution in [0.15, 0.2) is 12.3 Å². The molecule has 0 aliphatic carbocycles. The molecular formula is C14H17ClN4O2S. The highest BCUT2D eigenvalue weighted by molar-refractivity contribution is 7.07. The second-order valence-electron chi connectivity index (χ2n) is 5.21. The van der Waals surface area contributed by atoms with Crippen LogP contribution in [0.5, 0.6) is 5.88 Å². The van der Waals surface area contributed by atoms with Gasteiger partial charge in [-0.25, -0.2) is 4.98 Å². The second-order valence-corrected chi connectivity index (χ2v) is 6.37. The van der Waals surface area contributed by atoms with Crippen molar-refractivity contribution >= 4 is 29.0 Å². The molecule has 0 fully saturated rings. The van der Waals surface area contributed by atoms with Crippen LogP contribution in [0.4, 0.5) is 0 Å². The number of halogens is 1. The fraction of sp³-hybridized carbons (Fsp3) is 0.429. The Kier molecular flexibility index (Phi) is 5.68. The third-order valence-corrected chi connectivity index (χ3v) is 3.83. The number of rotatable bonds is 6. The Balaban J connectivity index is 1.95. The van der Waals surface area contributed by atoms with E-state index in [1.54, 1.807) is 19.2 Å². The van der Waals surface area contributed by atoms with Crippen LogP contribution in [0, 0.1) is 12.8 Å². The summed E-state index contributed by atoms with van der Waals surface area (Å²) in [6.45, 7) is 6.73.